The molecule has 10 heteroatoms. The summed E-state index contributed by atoms with van der Waals surface area (Å²) in [6.07, 6.45) is 1.90. The number of ether oxygens (including phenoxy) is 4. The van der Waals surface area contributed by atoms with Crippen molar-refractivity contribution in [3.63, 3.8) is 0 Å². The van der Waals surface area contributed by atoms with Crippen molar-refractivity contribution in [3.8, 4) is 22.9 Å². The molecule has 0 N–H and O–H groups in total. The van der Waals surface area contributed by atoms with E-state index in [0.29, 0.717) is 37.8 Å². The maximum atomic E-state index is 14.2. The van der Waals surface area contributed by atoms with Gasteiger partial charge in [0.1, 0.15) is 0 Å². The Morgan fingerprint density at radius 2 is 1.70 bits per heavy atom. The van der Waals surface area contributed by atoms with Crippen molar-refractivity contribution >= 4 is 23.4 Å². The molecule has 0 fully saturated rings. The predicted octanol–water partition coefficient (Wildman–Crippen LogP) is 4.54. The molecule has 2 aromatic heterocycles. The molecule has 0 amide bonds. The Kier molecular flexibility index (Phi) is 8.32. The molecule has 0 saturated carbocycles. The highest BCUT2D eigenvalue weighted by molar-refractivity contribution is 7.07. The van der Waals surface area contributed by atoms with Crippen LogP contribution in [0.1, 0.15) is 48.0 Å². The number of aryl methyl sites for hydroxylation is 2. The molecule has 224 valence electrons. The Balaban J connectivity index is 1.74. The molecule has 0 spiro atoms. The second-order valence-electron chi connectivity index (χ2n) is 10.3. The van der Waals surface area contributed by atoms with Crippen LogP contribution in [0.2, 0.25) is 0 Å². The molecular weight excluding hydrogens is 566 g/mol. The van der Waals surface area contributed by atoms with E-state index in [9.17, 15) is 9.59 Å². The van der Waals surface area contributed by atoms with Gasteiger partial charge in [0.2, 0.25) is 5.75 Å². The molecule has 0 aliphatic carbocycles. The monoisotopic (exact) mass is 601 g/mol. The van der Waals surface area contributed by atoms with Gasteiger partial charge in [-0.1, -0.05) is 23.5 Å². The Morgan fingerprint density at radius 1 is 1.00 bits per heavy atom. The lowest BCUT2D eigenvalue weighted by Crippen LogP contribution is -2.40. The SMILES string of the molecule is CCOC(=O)C1=C(C)N=c2s/c(=C/c3cc(C)n(-c4cccc(C)c4)c3C)c(=O)n2[C@@H]1c1cc(OC)c(OC)c(OC)c1. The largest absolute Gasteiger partial charge is 0.493 e. The summed E-state index contributed by atoms with van der Waals surface area (Å²) in [4.78, 5) is 32.7. The topological polar surface area (TPSA) is 93.3 Å². The number of thiazole rings is 1. The van der Waals surface area contributed by atoms with Crippen molar-refractivity contribution in [1.29, 1.82) is 0 Å². The fourth-order valence-corrected chi connectivity index (χ4v) is 6.64. The summed E-state index contributed by atoms with van der Waals surface area (Å²) in [5, 5.41) is 0. The van der Waals surface area contributed by atoms with Gasteiger partial charge in [-0.25, -0.2) is 9.79 Å². The van der Waals surface area contributed by atoms with Crippen LogP contribution in [-0.2, 0) is 9.53 Å². The summed E-state index contributed by atoms with van der Waals surface area (Å²) in [7, 11) is 4.56. The van der Waals surface area contributed by atoms with Crippen LogP contribution in [0, 0.1) is 20.8 Å². The van der Waals surface area contributed by atoms with Crippen molar-refractivity contribution < 1.29 is 23.7 Å². The van der Waals surface area contributed by atoms with Crippen molar-refractivity contribution in [2.45, 2.75) is 40.7 Å². The summed E-state index contributed by atoms with van der Waals surface area (Å²) in [5.74, 6) is 0.669. The highest BCUT2D eigenvalue weighted by atomic mass is 32.1. The number of carbonyl (C=O) groups excluding carboxylic acids is 1. The van der Waals surface area contributed by atoms with Gasteiger partial charge in [0.15, 0.2) is 16.3 Å². The number of benzene rings is 2. The minimum absolute atomic E-state index is 0.179. The molecule has 1 aliphatic heterocycles. The van der Waals surface area contributed by atoms with E-state index in [0.717, 1.165) is 22.6 Å². The Hall–Kier alpha value is -4.57. The molecule has 0 unspecified atom stereocenters. The van der Waals surface area contributed by atoms with Crippen molar-refractivity contribution in [3.05, 3.63) is 102 Å². The normalized spacial score (nSPS) is 14.8. The van der Waals surface area contributed by atoms with Gasteiger partial charge < -0.3 is 23.5 Å². The molecule has 3 heterocycles. The van der Waals surface area contributed by atoms with Crippen molar-refractivity contribution in [2.75, 3.05) is 27.9 Å². The third-order valence-corrected chi connectivity index (χ3v) is 8.52. The fraction of sp³-hybridized carbons (Fsp3) is 0.303. The number of fused-ring (bicyclic) bond motifs is 1. The number of esters is 1. The summed E-state index contributed by atoms with van der Waals surface area (Å²) >= 11 is 1.28. The zero-order valence-electron chi connectivity index (χ0n) is 25.6. The average molecular weight is 602 g/mol. The van der Waals surface area contributed by atoms with Gasteiger partial charge in [-0.15, -0.1) is 0 Å². The van der Waals surface area contributed by atoms with Crippen LogP contribution >= 0.6 is 11.3 Å². The molecular formula is C33H35N3O6S. The quantitative estimate of drug-likeness (QED) is 0.276. The standard InChI is InChI=1S/C33H35N3O6S/c1-9-42-32(38)28-20(4)34-33-36(29(28)23-15-25(39-6)30(41-8)26(16-23)40-7)31(37)27(43-33)17-22-14-19(3)35(21(22)5)24-12-10-11-18(2)13-24/h10-17,29H,9H2,1-8H3/b27-17+/t29-/m1/s1. The van der Waals surface area contributed by atoms with E-state index in [1.807, 2.05) is 26.0 Å². The molecule has 43 heavy (non-hydrogen) atoms. The lowest BCUT2D eigenvalue weighted by Gasteiger charge is -2.26. The zero-order valence-corrected chi connectivity index (χ0v) is 26.4. The van der Waals surface area contributed by atoms with Crippen LogP contribution < -0.4 is 29.1 Å². The fourth-order valence-electron chi connectivity index (χ4n) is 5.61. The van der Waals surface area contributed by atoms with Crippen LogP contribution in [0.15, 0.2) is 63.5 Å². The van der Waals surface area contributed by atoms with Gasteiger partial charge >= 0.3 is 5.97 Å². The Labute approximate surface area is 253 Å². The summed E-state index contributed by atoms with van der Waals surface area (Å²) in [6, 6.07) is 13.0. The maximum absolute atomic E-state index is 14.2. The summed E-state index contributed by atoms with van der Waals surface area (Å²) < 4.78 is 26.4. The third kappa shape index (κ3) is 5.27. The van der Waals surface area contributed by atoms with Crippen LogP contribution in [0.25, 0.3) is 11.8 Å². The van der Waals surface area contributed by atoms with Crippen LogP contribution in [0.3, 0.4) is 0 Å². The number of rotatable bonds is 8. The molecule has 4 aromatic rings. The number of hydrogen-bond acceptors (Lipinski definition) is 8. The minimum Gasteiger partial charge on any atom is -0.493 e. The Bertz CT molecular complexity index is 1920. The average Bonchev–Trinajstić information content (AvgIpc) is 3.44. The number of nitrogens with zero attached hydrogens (tertiary/aromatic N) is 3. The number of hydrogen-bond donors (Lipinski definition) is 0. The van der Waals surface area contributed by atoms with Gasteiger partial charge in [0.05, 0.1) is 49.8 Å². The number of methoxy groups -OCH3 is 3. The minimum atomic E-state index is -0.828. The number of carbonyl (C=O) groups is 1. The smallest absolute Gasteiger partial charge is 0.338 e. The van der Waals surface area contributed by atoms with Gasteiger partial charge in [-0.3, -0.25) is 9.36 Å². The van der Waals surface area contributed by atoms with Gasteiger partial charge in [-0.05, 0) is 87.7 Å². The van der Waals surface area contributed by atoms with E-state index in [2.05, 4.69) is 35.8 Å². The van der Waals surface area contributed by atoms with E-state index in [4.69, 9.17) is 23.9 Å². The number of allylic oxidation sites excluding steroid dienone is 1. The van der Waals surface area contributed by atoms with Gasteiger partial charge in [0.25, 0.3) is 5.56 Å². The molecule has 1 atom stereocenters. The van der Waals surface area contributed by atoms with Gasteiger partial charge in [0, 0.05) is 17.1 Å². The van der Waals surface area contributed by atoms with Crippen LogP contribution in [0.4, 0.5) is 0 Å². The summed E-state index contributed by atoms with van der Waals surface area (Å²) in [5.41, 5.74) is 6.29. The second kappa shape index (κ2) is 12.0. The highest BCUT2D eigenvalue weighted by Gasteiger charge is 2.34. The van der Waals surface area contributed by atoms with E-state index < -0.39 is 12.0 Å². The number of aromatic nitrogens is 2. The highest BCUT2D eigenvalue weighted by Crippen LogP contribution is 2.42. The lowest BCUT2D eigenvalue weighted by molar-refractivity contribution is -0.139. The molecule has 0 saturated heterocycles. The predicted molar refractivity (Wildman–Crippen MR) is 166 cm³/mol. The summed E-state index contributed by atoms with van der Waals surface area (Å²) in [6.45, 7) is 9.83. The third-order valence-electron chi connectivity index (χ3n) is 7.54. The second-order valence-corrected chi connectivity index (χ2v) is 11.3. The van der Waals surface area contributed by atoms with Gasteiger partial charge in [-0.2, -0.15) is 0 Å². The van der Waals surface area contributed by atoms with Crippen LogP contribution in [0.5, 0.6) is 17.2 Å². The first-order chi connectivity index (χ1) is 20.6. The first-order valence-corrected chi connectivity index (χ1v) is 14.7. The van der Waals surface area contributed by atoms with E-state index in [1.54, 1.807) is 30.5 Å². The molecule has 0 radical (unpaired) electrons. The lowest BCUT2D eigenvalue weighted by atomic mass is 9.95. The molecule has 1 aliphatic rings. The maximum Gasteiger partial charge on any atom is 0.338 e. The van der Waals surface area contributed by atoms with Crippen molar-refractivity contribution in [2.24, 2.45) is 4.99 Å². The van der Waals surface area contributed by atoms with Crippen LogP contribution in [-0.4, -0.2) is 43.0 Å². The van der Waals surface area contributed by atoms with E-state index in [-0.39, 0.29) is 17.7 Å². The zero-order chi connectivity index (χ0) is 31.0. The van der Waals surface area contributed by atoms with Crippen molar-refractivity contribution in [1.82, 2.24) is 9.13 Å². The molecule has 5 rings (SSSR count). The molecule has 2 aromatic carbocycles. The first kappa shape index (κ1) is 29.9. The Morgan fingerprint density at radius 3 is 2.30 bits per heavy atom. The van der Waals surface area contributed by atoms with E-state index >= 15 is 0 Å². The molecule has 9 nitrogen and oxygen atoms in total. The first-order valence-electron chi connectivity index (χ1n) is 13.9. The van der Waals surface area contributed by atoms with E-state index in [1.165, 1.54) is 38.2 Å². The molecule has 0 bridgehead atoms.